The van der Waals surface area contributed by atoms with E-state index in [9.17, 15) is 9.90 Å². The Bertz CT molecular complexity index is 819. The summed E-state index contributed by atoms with van der Waals surface area (Å²) in [5.74, 6) is -0.676. The Morgan fingerprint density at radius 2 is 1.58 bits per heavy atom. The zero-order valence-electron chi connectivity index (χ0n) is 14.8. The smallest absolute Gasteiger partial charge is 0.328 e. The molecule has 0 heterocycles. The number of rotatable bonds is 4. The predicted molar refractivity (Wildman–Crippen MR) is 105 cm³/mol. The van der Waals surface area contributed by atoms with Gasteiger partial charge in [-0.15, -0.1) is 0 Å². The van der Waals surface area contributed by atoms with Crippen LogP contribution in [0.5, 0.6) is 5.75 Å². The number of carbonyl (C=O) groups is 1. The molecule has 3 rings (SSSR count). The number of benzene rings is 2. The third kappa shape index (κ3) is 4.63. The van der Waals surface area contributed by atoms with Gasteiger partial charge in [-0.1, -0.05) is 54.8 Å². The van der Waals surface area contributed by atoms with E-state index in [-0.39, 0.29) is 5.75 Å². The molecule has 0 unspecified atom stereocenters. The molecule has 0 aliphatic heterocycles. The lowest BCUT2D eigenvalue weighted by atomic mass is 9.89. The highest BCUT2D eigenvalue weighted by molar-refractivity contribution is 5.86. The molecule has 2 aromatic rings. The van der Waals surface area contributed by atoms with Crippen molar-refractivity contribution in [2.45, 2.75) is 38.5 Å². The summed E-state index contributed by atoms with van der Waals surface area (Å²) in [4.78, 5) is 10.7. The second kappa shape index (κ2) is 8.52. The van der Waals surface area contributed by atoms with Gasteiger partial charge in [0.25, 0.3) is 0 Å². The molecular weight excluding hydrogens is 324 g/mol. The highest BCUT2D eigenvalue weighted by atomic mass is 16.4. The van der Waals surface area contributed by atoms with Crippen molar-refractivity contribution in [1.82, 2.24) is 0 Å². The zero-order valence-corrected chi connectivity index (χ0v) is 14.8. The molecular formula is C23H24O3. The first-order valence-electron chi connectivity index (χ1n) is 9.16. The third-order valence-electron chi connectivity index (χ3n) is 4.81. The molecule has 1 fully saturated rings. The van der Waals surface area contributed by atoms with Crippen LogP contribution >= 0.6 is 0 Å². The molecule has 0 aromatic heterocycles. The molecule has 0 bridgehead atoms. The van der Waals surface area contributed by atoms with E-state index in [0.717, 1.165) is 35.6 Å². The highest BCUT2D eigenvalue weighted by Crippen LogP contribution is 2.35. The Hall–Kier alpha value is -2.81. The van der Waals surface area contributed by atoms with Crippen LogP contribution in [0.4, 0.5) is 0 Å². The summed E-state index contributed by atoms with van der Waals surface area (Å²) in [6.45, 7) is 0. The summed E-state index contributed by atoms with van der Waals surface area (Å²) in [7, 11) is 0. The molecule has 0 radical (unpaired) electrons. The van der Waals surface area contributed by atoms with E-state index in [1.54, 1.807) is 12.1 Å². The average molecular weight is 348 g/mol. The normalized spacial score (nSPS) is 15.0. The summed E-state index contributed by atoms with van der Waals surface area (Å²) in [6.07, 6.45) is 9.88. The summed E-state index contributed by atoms with van der Waals surface area (Å²) in [5, 5.41) is 18.7. The number of phenolic OH excluding ortho intramolecular Hbond substituents is 1. The van der Waals surface area contributed by atoms with Crippen LogP contribution < -0.4 is 0 Å². The van der Waals surface area contributed by atoms with Crippen LogP contribution in [0.15, 0.2) is 60.2 Å². The molecule has 3 heteroatoms. The van der Waals surface area contributed by atoms with Crippen molar-refractivity contribution in [2.75, 3.05) is 0 Å². The van der Waals surface area contributed by atoms with Crippen LogP contribution in [0.1, 0.15) is 55.2 Å². The van der Waals surface area contributed by atoms with Crippen molar-refractivity contribution in [1.29, 1.82) is 0 Å². The largest absolute Gasteiger partial charge is 0.508 e. The molecule has 26 heavy (non-hydrogen) atoms. The third-order valence-corrected chi connectivity index (χ3v) is 4.81. The maximum Gasteiger partial charge on any atom is 0.328 e. The summed E-state index contributed by atoms with van der Waals surface area (Å²) < 4.78 is 0. The van der Waals surface area contributed by atoms with E-state index in [1.165, 1.54) is 36.8 Å². The Morgan fingerprint density at radius 3 is 2.19 bits per heavy atom. The van der Waals surface area contributed by atoms with E-state index < -0.39 is 5.97 Å². The molecule has 0 saturated heterocycles. The molecule has 2 aromatic carbocycles. The van der Waals surface area contributed by atoms with Gasteiger partial charge >= 0.3 is 5.97 Å². The summed E-state index contributed by atoms with van der Waals surface area (Å²) in [5.41, 5.74) is 5.66. The van der Waals surface area contributed by atoms with E-state index >= 15 is 0 Å². The SMILES string of the molecule is O=C(O)/C=C/c1ccc(C(=C2CCCCCC2)c2cccc(O)c2)cc1. The van der Waals surface area contributed by atoms with E-state index in [0.29, 0.717) is 0 Å². The standard InChI is InChI=1S/C23H24O3/c24-21-9-5-8-20(16-21)23(18-6-3-1-2-4-7-18)19-13-10-17(11-14-19)12-15-22(25)26/h5,8-16,24H,1-4,6-7H2,(H,25,26)/b15-12+. The molecule has 0 atom stereocenters. The fourth-order valence-electron chi connectivity index (χ4n) is 3.57. The van der Waals surface area contributed by atoms with Crippen molar-refractivity contribution in [3.8, 4) is 5.75 Å². The Labute approximate surface area is 154 Å². The second-order valence-corrected chi connectivity index (χ2v) is 6.74. The quantitative estimate of drug-likeness (QED) is 0.555. The first-order chi connectivity index (χ1) is 12.6. The number of hydrogen-bond acceptors (Lipinski definition) is 2. The molecule has 3 nitrogen and oxygen atoms in total. The van der Waals surface area contributed by atoms with Gasteiger partial charge in [0.15, 0.2) is 0 Å². The number of phenols is 1. The first kappa shape index (κ1) is 18.0. The topological polar surface area (TPSA) is 57.5 Å². The van der Waals surface area contributed by atoms with E-state index in [2.05, 4.69) is 0 Å². The minimum Gasteiger partial charge on any atom is -0.508 e. The highest BCUT2D eigenvalue weighted by Gasteiger charge is 2.14. The van der Waals surface area contributed by atoms with Gasteiger partial charge in [0, 0.05) is 6.08 Å². The fourth-order valence-corrected chi connectivity index (χ4v) is 3.57. The second-order valence-electron chi connectivity index (χ2n) is 6.74. The minimum absolute atomic E-state index is 0.273. The molecule has 1 aliphatic carbocycles. The van der Waals surface area contributed by atoms with Crippen LogP contribution in [-0.2, 0) is 4.79 Å². The van der Waals surface area contributed by atoms with Crippen LogP contribution in [0.25, 0.3) is 11.6 Å². The van der Waals surface area contributed by atoms with Gasteiger partial charge in [-0.2, -0.15) is 0 Å². The van der Waals surface area contributed by atoms with Gasteiger partial charge < -0.3 is 10.2 Å². The fraction of sp³-hybridized carbons (Fsp3) is 0.261. The molecule has 2 N–H and O–H groups in total. The Kier molecular flexibility index (Phi) is 5.90. The lowest BCUT2D eigenvalue weighted by molar-refractivity contribution is -0.131. The maximum atomic E-state index is 10.7. The Morgan fingerprint density at radius 1 is 0.885 bits per heavy atom. The predicted octanol–water partition coefficient (Wildman–Crippen LogP) is 5.65. The number of aromatic hydroxyl groups is 1. The zero-order chi connectivity index (χ0) is 18.4. The lowest BCUT2D eigenvalue weighted by Crippen LogP contribution is -1.95. The molecule has 0 amide bonds. The number of hydrogen-bond donors (Lipinski definition) is 2. The monoisotopic (exact) mass is 348 g/mol. The van der Waals surface area contributed by atoms with Crippen molar-refractivity contribution in [3.63, 3.8) is 0 Å². The summed E-state index contributed by atoms with van der Waals surface area (Å²) >= 11 is 0. The molecule has 1 saturated carbocycles. The van der Waals surface area contributed by atoms with Gasteiger partial charge in [-0.05, 0) is 66.2 Å². The summed E-state index contributed by atoms with van der Waals surface area (Å²) in [6, 6.07) is 15.4. The maximum absolute atomic E-state index is 10.7. The van der Waals surface area contributed by atoms with Gasteiger partial charge in [0.2, 0.25) is 0 Å². The van der Waals surface area contributed by atoms with E-state index in [1.807, 2.05) is 42.5 Å². The molecule has 0 spiro atoms. The molecule has 134 valence electrons. The van der Waals surface area contributed by atoms with Gasteiger partial charge in [0.05, 0.1) is 0 Å². The van der Waals surface area contributed by atoms with Gasteiger partial charge in [0.1, 0.15) is 5.75 Å². The Balaban J connectivity index is 2.03. The molecule has 1 aliphatic rings. The van der Waals surface area contributed by atoms with Crippen molar-refractivity contribution >= 4 is 17.6 Å². The van der Waals surface area contributed by atoms with Gasteiger partial charge in [-0.3, -0.25) is 0 Å². The number of carboxylic acids is 1. The van der Waals surface area contributed by atoms with Gasteiger partial charge in [-0.25, -0.2) is 4.79 Å². The van der Waals surface area contributed by atoms with E-state index in [4.69, 9.17) is 5.11 Å². The van der Waals surface area contributed by atoms with Crippen LogP contribution in [-0.4, -0.2) is 16.2 Å². The van der Waals surface area contributed by atoms with Crippen LogP contribution in [0.2, 0.25) is 0 Å². The number of allylic oxidation sites excluding steroid dienone is 1. The van der Waals surface area contributed by atoms with Crippen molar-refractivity contribution in [3.05, 3.63) is 76.9 Å². The van der Waals surface area contributed by atoms with Crippen molar-refractivity contribution in [2.24, 2.45) is 0 Å². The van der Waals surface area contributed by atoms with Crippen molar-refractivity contribution < 1.29 is 15.0 Å². The first-order valence-corrected chi connectivity index (χ1v) is 9.16. The van der Waals surface area contributed by atoms with Crippen LogP contribution in [0.3, 0.4) is 0 Å². The van der Waals surface area contributed by atoms with Crippen LogP contribution in [0, 0.1) is 0 Å². The average Bonchev–Trinajstić information content (AvgIpc) is 2.91. The minimum atomic E-state index is -0.949. The number of carboxylic acid groups (broad SMARTS) is 1. The lowest BCUT2D eigenvalue weighted by Gasteiger charge is -2.16. The number of aliphatic carboxylic acids is 1.